The van der Waals surface area contributed by atoms with Crippen LogP contribution in [0.2, 0.25) is 0 Å². The number of aryl methyl sites for hydroxylation is 2. The summed E-state index contributed by atoms with van der Waals surface area (Å²) < 4.78 is 50.8. The summed E-state index contributed by atoms with van der Waals surface area (Å²) in [6.45, 7) is 12.3. The van der Waals surface area contributed by atoms with Crippen LogP contribution < -0.4 is 9.46 Å². The van der Waals surface area contributed by atoms with E-state index in [9.17, 15) is 23.1 Å². The number of halogens is 3. The number of amides is 1. The van der Waals surface area contributed by atoms with E-state index in [1.165, 1.54) is 10.3 Å². The van der Waals surface area contributed by atoms with Gasteiger partial charge < -0.3 is 9.84 Å². The van der Waals surface area contributed by atoms with Gasteiger partial charge >= 0.3 is 12.3 Å². The predicted molar refractivity (Wildman–Crippen MR) is 189 cm³/mol. The highest BCUT2D eigenvalue weighted by Crippen LogP contribution is 2.47. The molecular weight excluding hydrogens is 648 g/mol. The Morgan fingerprint density at radius 3 is 2.45 bits per heavy atom. The summed E-state index contributed by atoms with van der Waals surface area (Å²) >= 11 is 1.01. The minimum atomic E-state index is -4.60. The third-order valence-corrected chi connectivity index (χ3v) is 9.62. The Bertz CT molecular complexity index is 1830. The van der Waals surface area contributed by atoms with Crippen molar-refractivity contribution in [1.82, 2.24) is 14.5 Å². The number of benzene rings is 3. The molecule has 0 radical (unpaired) electrons. The number of nitrogens with one attached hydrogen (secondary N) is 1. The van der Waals surface area contributed by atoms with Gasteiger partial charge in [0.15, 0.2) is 5.69 Å². The molecule has 0 unspecified atom stereocenters. The van der Waals surface area contributed by atoms with Crippen molar-refractivity contribution < 1.29 is 27.8 Å². The fourth-order valence-electron chi connectivity index (χ4n) is 6.24. The zero-order chi connectivity index (χ0) is 35.3. The molecule has 0 bridgehead atoms. The lowest BCUT2D eigenvalue weighted by Crippen LogP contribution is -2.23. The van der Waals surface area contributed by atoms with Gasteiger partial charge in [0, 0.05) is 21.9 Å². The molecule has 0 saturated carbocycles. The maximum atomic E-state index is 13.6. The lowest BCUT2D eigenvalue weighted by atomic mass is 9.73. The molecule has 2 N–H and O–H groups in total. The fraction of sp³-hybridized carbons (Fsp3) is 0.333. The van der Waals surface area contributed by atoms with Gasteiger partial charge in [0.1, 0.15) is 11.5 Å². The number of rotatable bonds is 11. The number of alkyl halides is 3. The monoisotopic (exact) mass is 689 g/mol. The average molecular weight is 690 g/mol. The zero-order valence-electron chi connectivity index (χ0n) is 28.2. The highest BCUT2D eigenvalue weighted by molar-refractivity contribution is 7.98. The van der Waals surface area contributed by atoms with Gasteiger partial charge in [-0.1, -0.05) is 73.4 Å². The second-order valence-electron chi connectivity index (χ2n) is 12.8. The summed E-state index contributed by atoms with van der Waals surface area (Å²) in [5, 5.41) is 15.2. The molecule has 49 heavy (non-hydrogen) atoms. The van der Waals surface area contributed by atoms with Gasteiger partial charge in [-0.2, -0.15) is 18.3 Å². The lowest BCUT2D eigenvalue weighted by molar-refractivity contribution is -0.141. The molecule has 6 nitrogen and oxygen atoms in total. The number of nitrogens with zero attached hydrogens (tertiary/aromatic N) is 2. The molecule has 3 aromatic carbocycles. The van der Waals surface area contributed by atoms with Crippen molar-refractivity contribution in [3.05, 3.63) is 113 Å². The summed E-state index contributed by atoms with van der Waals surface area (Å²) in [5.74, 6) is 0.306. The van der Waals surface area contributed by atoms with Crippen LogP contribution in [0, 0.1) is 12.8 Å². The molecule has 2 atom stereocenters. The Hall–Kier alpha value is -4.44. The maximum absolute atomic E-state index is 13.6. The molecule has 1 heterocycles. The zero-order valence-corrected chi connectivity index (χ0v) is 29.0. The first kappa shape index (κ1) is 35.9. The van der Waals surface area contributed by atoms with Crippen LogP contribution in [0.15, 0.2) is 95.4 Å². The van der Waals surface area contributed by atoms with Gasteiger partial charge in [0.25, 0.3) is 0 Å². The molecule has 1 aliphatic rings. The van der Waals surface area contributed by atoms with Gasteiger partial charge in [0.05, 0.1) is 11.4 Å². The molecule has 1 amide bonds. The molecule has 0 saturated heterocycles. The van der Waals surface area contributed by atoms with Crippen LogP contribution in [0.3, 0.4) is 0 Å². The maximum Gasteiger partial charge on any atom is 0.435 e. The summed E-state index contributed by atoms with van der Waals surface area (Å²) in [5.41, 5.74) is 5.01. The molecule has 1 aromatic heterocycles. The Morgan fingerprint density at radius 1 is 1.08 bits per heavy atom. The number of phenolic OH excluding ortho intramolecular Hbond substituents is 1. The van der Waals surface area contributed by atoms with Gasteiger partial charge in [-0.25, -0.2) is 9.48 Å². The highest BCUT2D eigenvalue weighted by atomic mass is 32.2. The second kappa shape index (κ2) is 15.4. The number of aromatic nitrogens is 2. The van der Waals surface area contributed by atoms with Crippen molar-refractivity contribution in [2.24, 2.45) is 5.92 Å². The summed E-state index contributed by atoms with van der Waals surface area (Å²) in [7, 11) is 0. The minimum Gasteiger partial charge on any atom is -0.507 e. The first-order valence-electron chi connectivity index (χ1n) is 16.5. The largest absolute Gasteiger partial charge is 0.507 e. The summed E-state index contributed by atoms with van der Waals surface area (Å²) in [4.78, 5) is 13.8. The molecule has 0 fully saturated rings. The van der Waals surface area contributed by atoms with E-state index in [2.05, 4.69) is 36.3 Å². The Kier molecular flexibility index (Phi) is 11.3. The number of phenols is 1. The number of allylic oxidation sites excluding steroid dienone is 3. The van der Waals surface area contributed by atoms with E-state index < -0.39 is 18.0 Å². The van der Waals surface area contributed by atoms with Crippen molar-refractivity contribution in [3.63, 3.8) is 0 Å². The Balaban J connectivity index is 1.36. The van der Waals surface area contributed by atoms with E-state index in [1.54, 1.807) is 42.5 Å². The molecule has 0 aliphatic heterocycles. The van der Waals surface area contributed by atoms with Crippen LogP contribution >= 0.6 is 11.9 Å². The summed E-state index contributed by atoms with van der Waals surface area (Å²) in [6, 6.07) is 18.5. The molecule has 0 spiro atoms. The van der Waals surface area contributed by atoms with Crippen molar-refractivity contribution >= 4 is 18.0 Å². The topological polar surface area (TPSA) is 76.4 Å². The number of hydrogen-bond donors (Lipinski definition) is 2. The van der Waals surface area contributed by atoms with Crippen molar-refractivity contribution in [3.8, 4) is 28.4 Å². The normalized spacial score (nSPS) is 16.3. The van der Waals surface area contributed by atoms with E-state index in [0.717, 1.165) is 73.2 Å². The number of aromatic hydroxyl groups is 1. The van der Waals surface area contributed by atoms with Crippen LogP contribution in [-0.4, -0.2) is 21.0 Å². The van der Waals surface area contributed by atoms with Gasteiger partial charge in [-0.15, -0.1) is 0 Å². The van der Waals surface area contributed by atoms with E-state index in [-0.39, 0.29) is 17.6 Å². The van der Waals surface area contributed by atoms with Crippen LogP contribution in [0.5, 0.6) is 11.5 Å². The smallest absolute Gasteiger partial charge is 0.435 e. The lowest BCUT2D eigenvalue weighted by Gasteiger charge is -2.32. The van der Waals surface area contributed by atoms with Crippen LogP contribution in [0.25, 0.3) is 16.9 Å². The average Bonchev–Trinajstić information content (AvgIpc) is 3.51. The van der Waals surface area contributed by atoms with E-state index in [1.807, 2.05) is 32.0 Å². The molecular formula is C39H42F3N3O3S. The van der Waals surface area contributed by atoms with Crippen LogP contribution in [0.4, 0.5) is 18.0 Å². The van der Waals surface area contributed by atoms with E-state index in [4.69, 9.17) is 4.74 Å². The third kappa shape index (κ3) is 8.78. The van der Waals surface area contributed by atoms with Gasteiger partial charge in [-0.3, -0.25) is 4.72 Å². The third-order valence-electron chi connectivity index (χ3n) is 8.85. The van der Waals surface area contributed by atoms with E-state index in [0.29, 0.717) is 33.2 Å². The second-order valence-corrected chi connectivity index (χ2v) is 13.7. The predicted octanol–water partition coefficient (Wildman–Crippen LogP) is 11.1. The standard InChI is InChI=1S/C39H42F3N3O3S/c1-6-7-8-9-27-21-34(46)37(32-20-26(5)12-19-31(32)24(2)3)35(22-27)48-38(47)44-49-30-17-15-29(16-18-30)45-33(23-36(43-45)39(40,41)42)28-13-10-25(4)11-14-28/h10-11,13-18,20-23,31-32,46H,2,6-9,12,19H2,1,3-5H3,(H,44,47)/t31-,32+/m0/s1. The van der Waals surface area contributed by atoms with Crippen molar-refractivity contribution in [1.29, 1.82) is 0 Å². The van der Waals surface area contributed by atoms with Crippen LogP contribution in [-0.2, 0) is 12.6 Å². The quantitative estimate of drug-likeness (QED) is 0.0931. The van der Waals surface area contributed by atoms with Crippen molar-refractivity contribution in [2.75, 3.05) is 0 Å². The summed E-state index contributed by atoms with van der Waals surface area (Å²) in [6.07, 6.45) is 2.45. The number of carbonyl (C=O) groups is 1. The number of ether oxygens (including phenoxy) is 1. The molecule has 4 aromatic rings. The first-order valence-corrected chi connectivity index (χ1v) is 17.3. The first-order chi connectivity index (χ1) is 23.3. The molecule has 258 valence electrons. The minimum absolute atomic E-state index is 0.0902. The SMILES string of the molecule is C=C(C)[C@@H]1CCC(C)=C[C@H]1c1c(O)cc(CCCCC)cc1OC(=O)NSc1ccc(-n2nc(C(F)(F)F)cc2-c2ccc(C)cc2)cc1. The van der Waals surface area contributed by atoms with E-state index >= 15 is 0 Å². The fourth-order valence-corrected chi connectivity index (χ4v) is 6.75. The number of unbranched alkanes of at least 4 members (excludes halogenated alkanes) is 2. The van der Waals surface area contributed by atoms with Gasteiger partial charge in [-0.05, 0) is 112 Å². The van der Waals surface area contributed by atoms with Crippen LogP contribution in [0.1, 0.15) is 81.2 Å². The van der Waals surface area contributed by atoms with Crippen molar-refractivity contribution in [2.45, 2.75) is 83.2 Å². The molecule has 5 rings (SSSR count). The highest BCUT2D eigenvalue weighted by Gasteiger charge is 2.35. The molecule has 1 aliphatic carbocycles. The Morgan fingerprint density at radius 2 is 1.80 bits per heavy atom. The molecule has 10 heteroatoms. The number of hydrogen-bond acceptors (Lipinski definition) is 5. The van der Waals surface area contributed by atoms with Gasteiger partial charge in [0.2, 0.25) is 0 Å². The Labute approximate surface area is 290 Å². The number of carbonyl (C=O) groups excluding carboxylic acids is 1.